The van der Waals surface area contributed by atoms with Crippen LogP contribution in [0, 0.1) is 0 Å². The first-order valence-electron chi connectivity index (χ1n) is 4.60. The molecule has 1 aromatic carbocycles. The van der Waals surface area contributed by atoms with E-state index in [1.807, 2.05) is 12.1 Å². The van der Waals surface area contributed by atoms with Crippen LogP contribution in [0.5, 0.6) is 5.75 Å². The SMILES string of the molecule is C=CCC[C@H](N)c1c(O)cc(Br)cc1Br. The number of nitrogens with two attached hydrogens (primary N) is 1. The summed E-state index contributed by atoms with van der Waals surface area (Å²) in [6.45, 7) is 3.65. The number of aromatic hydroxyl groups is 1. The highest BCUT2D eigenvalue weighted by molar-refractivity contribution is 9.11. The van der Waals surface area contributed by atoms with Crippen LogP contribution in [0.4, 0.5) is 0 Å². The zero-order valence-corrected chi connectivity index (χ0v) is 11.4. The van der Waals surface area contributed by atoms with Gasteiger partial charge in [0.15, 0.2) is 0 Å². The molecular weight excluding hydrogens is 322 g/mol. The van der Waals surface area contributed by atoms with Gasteiger partial charge in [-0.3, -0.25) is 0 Å². The zero-order valence-electron chi connectivity index (χ0n) is 8.21. The molecule has 0 fully saturated rings. The topological polar surface area (TPSA) is 46.2 Å². The third kappa shape index (κ3) is 3.33. The van der Waals surface area contributed by atoms with Crippen molar-refractivity contribution in [2.45, 2.75) is 18.9 Å². The van der Waals surface area contributed by atoms with Crippen LogP contribution in [0.15, 0.2) is 33.7 Å². The van der Waals surface area contributed by atoms with Crippen molar-refractivity contribution in [1.29, 1.82) is 0 Å². The maximum absolute atomic E-state index is 9.78. The molecule has 3 N–H and O–H groups in total. The number of allylic oxidation sites excluding steroid dienone is 1. The van der Waals surface area contributed by atoms with Crippen molar-refractivity contribution in [3.63, 3.8) is 0 Å². The van der Waals surface area contributed by atoms with Gasteiger partial charge in [-0.25, -0.2) is 0 Å². The van der Waals surface area contributed by atoms with Crippen molar-refractivity contribution in [2.75, 3.05) is 0 Å². The molecule has 2 nitrogen and oxygen atoms in total. The molecule has 15 heavy (non-hydrogen) atoms. The Bertz CT molecular complexity index is 343. The van der Waals surface area contributed by atoms with Crippen LogP contribution in [-0.2, 0) is 0 Å². The molecule has 0 spiro atoms. The van der Waals surface area contributed by atoms with Gasteiger partial charge in [-0.1, -0.05) is 37.9 Å². The van der Waals surface area contributed by atoms with Gasteiger partial charge in [0.1, 0.15) is 5.75 Å². The second-order valence-electron chi connectivity index (χ2n) is 3.29. The molecule has 1 atom stereocenters. The van der Waals surface area contributed by atoms with Gasteiger partial charge in [0.25, 0.3) is 0 Å². The molecule has 4 heteroatoms. The van der Waals surface area contributed by atoms with E-state index in [2.05, 4.69) is 38.4 Å². The Morgan fingerprint density at radius 2 is 2.13 bits per heavy atom. The predicted octanol–water partition coefficient (Wildman–Crippen LogP) is 3.88. The van der Waals surface area contributed by atoms with E-state index in [4.69, 9.17) is 5.73 Å². The highest BCUT2D eigenvalue weighted by atomic mass is 79.9. The third-order valence-electron chi connectivity index (χ3n) is 2.13. The van der Waals surface area contributed by atoms with E-state index in [0.717, 1.165) is 27.4 Å². The van der Waals surface area contributed by atoms with Gasteiger partial charge < -0.3 is 10.8 Å². The number of hydrogen-bond donors (Lipinski definition) is 2. The molecule has 0 saturated heterocycles. The number of halogens is 2. The second-order valence-corrected chi connectivity index (χ2v) is 5.06. The number of rotatable bonds is 4. The van der Waals surface area contributed by atoms with Gasteiger partial charge in [-0.05, 0) is 25.0 Å². The second kappa shape index (κ2) is 5.68. The van der Waals surface area contributed by atoms with Crippen molar-refractivity contribution in [2.24, 2.45) is 5.73 Å². The fourth-order valence-corrected chi connectivity index (χ4v) is 2.88. The van der Waals surface area contributed by atoms with Crippen molar-refractivity contribution >= 4 is 31.9 Å². The molecule has 0 aliphatic heterocycles. The van der Waals surface area contributed by atoms with Crippen molar-refractivity contribution < 1.29 is 5.11 Å². The average molecular weight is 335 g/mol. The van der Waals surface area contributed by atoms with Crippen LogP contribution >= 0.6 is 31.9 Å². The summed E-state index contributed by atoms with van der Waals surface area (Å²) in [6, 6.07) is 3.35. The minimum absolute atomic E-state index is 0.175. The number of hydrogen-bond acceptors (Lipinski definition) is 2. The lowest BCUT2D eigenvalue weighted by Gasteiger charge is -2.15. The fraction of sp³-hybridized carbons (Fsp3) is 0.273. The lowest BCUT2D eigenvalue weighted by Crippen LogP contribution is -2.10. The van der Waals surface area contributed by atoms with E-state index in [1.54, 1.807) is 6.07 Å². The maximum Gasteiger partial charge on any atom is 0.122 e. The average Bonchev–Trinajstić information content (AvgIpc) is 2.12. The summed E-state index contributed by atoms with van der Waals surface area (Å²) in [4.78, 5) is 0. The molecule has 82 valence electrons. The zero-order chi connectivity index (χ0) is 11.4. The van der Waals surface area contributed by atoms with E-state index in [9.17, 15) is 5.11 Å². The molecule has 0 saturated carbocycles. The lowest BCUT2D eigenvalue weighted by atomic mass is 10.0. The van der Waals surface area contributed by atoms with Gasteiger partial charge in [-0.2, -0.15) is 0 Å². The van der Waals surface area contributed by atoms with E-state index in [-0.39, 0.29) is 11.8 Å². The highest BCUT2D eigenvalue weighted by Crippen LogP contribution is 2.35. The Morgan fingerprint density at radius 3 is 2.67 bits per heavy atom. The number of benzene rings is 1. The molecular formula is C11H13Br2NO. The molecule has 1 rings (SSSR count). The van der Waals surface area contributed by atoms with Gasteiger partial charge in [0, 0.05) is 20.6 Å². The van der Waals surface area contributed by atoms with Crippen molar-refractivity contribution in [3.8, 4) is 5.75 Å². The Morgan fingerprint density at radius 1 is 1.47 bits per heavy atom. The van der Waals surface area contributed by atoms with Gasteiger partial charge in [0.2, 0.25) is 0 Å². The largest absolute Gasteiger partial charge is 0.508 e. The van der Waals surface area contributed by atoms with Crippen LogP contribution in [0.25, 0.3) is 0 Å². The Kier molecular flexibility index (Phi) is 4.83. The Balaban J connectivity index is 2.97. The van der Waals surface area contributed by atoms with Crippen LogP contribution < -0.4 is 5.73 Å². The molecule has 1 aromatic rings. The van der Waals surface area contributed by atoms with Gasteiger partial charge in [0.05, 0.1) is 0 Å². The monoisotopic (exact) mass is 333 g/mol. The summed E-state index contributed by atoms with van der Waals surface area (Å²) in [6.07, 6.45) is 3.43. The van der Waals surface area contributed by atoms with Crippen molar-refractivity contribution in [1.82, 2.24) is 0 Å². The molecule has 0 radical (unpaired) electrons. The molecule has 0 bridgehead atoms. The number of phenols is 1. The smallest absolute Gasteiger partial charge is 0.122 e. The summed E-state index contributed by atoms with van der Waals surface area (Å²) in [5, 5.41) is 9.78. The fourth-order valence-electron chi connectivity index (χ4n) is 1.38. The maximum atomic E-state index is 9.78. The van der Waals surface area contributed by atoms with Gasteiger partial charge >= 0.3 is 0 Å². The lowest BCUT2D eigenvalue weighted by molar-refractivity contribution is 0.457. The number of phenolic OH excluding ortho intramolecular Hbond substituents is 1. The quantitative estimate of drug-likeness (QED) is 0.821. The molecule has 0 aliphatic rings. The summed E-state index contributed by atoms with van der Waals surface area (Å²) in [5.41, 5.74) is 6.73. The molecule has 0 heterocycles. The molecule has 0 amide bonds. The van der Waals surface area contributed by atoms with Crippen LogP contribution in [0.2, 0.25) is 0 Å². The standard InChI is InChI=1S/C11H13Br2NO/c1-2-3-4-9(14)11-8(13)5-7(12)6-10(11)15/h2,5-6,9,15H,1,3-4,14H2/t9-/m0/s1. The van der Waals surface area contributed by atoms with Crippen molar-refractivity contribution in [3.05, 3.63) is 39.3 Å². The molecule has 0 unspecified atom stereocenters. The minimum atomic E-state index is -0.175. The van der Waals surface area contributed by atoms with Gasteiger partial charge in [-0.15, -0.1) is 6.58 Å². The van der Waals surface area contributed by atoms with Crippen LogP contribution in [-0.4, -0.2) is 5.11 Å². The minimum Gasteiger partial charge on any atom is -0.508 e. The van der Waals surface area contributed by atoms with E-state index in [1.165, 1.54) is 0 Å². The molecule has 0 aliphatic carbocycles. The normalized spacial score (nSPS) is 12.5. The summed E-state index contributed by atoms with van der Waals surface area (Å²) in [7, 11) is 0. The Hall–Kier alpha value is -0.320. The van der Waals surface area contributed by atoms with E-state index < -0.39 is 0 Å². The van der Waals surface area contributed by atoms with E-state index in [0.29, 0.717) is 0 Å². The summed E-state index contributed by atoms with van der Waals surface area (Å²) in [5.74, 6) is 0.216. The van der Waals surface area contributed by atoms with E-state index >= 15 is 0 Å². The highest BCUT2D eigenvalue weighted by Gasteiger charge is 2.14. The first-order valence-corrected chi connectivity index (χ1v) is 6.19. The summed E-state index contributed by atoms with van der Waals surface area (Å²) < 4.78 is 1.65. The first kappa shape index (κ1) is 12.7. The van der Waals surface area contributed by atoms with Crippen LogP contribution in [0.3, 0.4) is 0 Å². The van der Waals surface area contributed by atoms with Crippen LogP contribution in [0.1, 0.15) is 24.4 Å². The Labute approximate surface area is 106 Å². The third-order valence-corrected chi connectivity index (χ3v) is 3.24. The summed E-state index contributed by atoms with van der Waals surface area (Å²) >= 11 is 6.70. The first-order chi connectivity index (χ1) is 7.06. The predicted molar refractivity (Wildman–Crippen MR) is 69.9 cm³/mol. The molecule has 0 aromatic heterocycles.